The van der Waals surface area contributed by atoms with Crippen molar-refractivity contribution in [1.29, 1.82) is 5.26 Å². The van der Waals surface area contributed by atoms with Crippen LogP contribution < -0.4 is 4.72 Å². The molecule has 0 aliphatic carbocycles. The summed E-state index contributed by atoms with van der Waals surface area (Å²) in [5.41, 5.74) is 1.68. The van der Waals surface area contributed by atoms with E-state index in [1.54, 1.807) is 12.1 Å². The van der Waals surface area contributed by atoms with E-state index in [4.69, 9.17) is 5.26 Å². The number of sulfonamides is 1. The van der Waals surface area contributed by atoms with Crippen molar-refractivity contribution < 1.29 is 8.42 Å². The van der Waals surface area contributed by atoms with E-state index in [-0.39, 0.29) is 5.75 Å². The van der Waals surface area contributed by atoms with Gasteiger partial charge in [-0.3, -0.25) is 0 Å². The minimum atomic E-state index is -3.44. The maximum Gasteiger partial charge on any atom is 0.216 e. The molecular formula is C11H14N2O2S. The third kappa shape index (κ3) is 3.65. The Morgan fingerprint density at radius 3 is 2.62 bits per heavy atom. The van der Waals surface area contributed by atoms with Crippen LogP contribution in [0.4, 0.5) is 0 Å². The molecule has 0 bridgehead atoms. The van der Waals surface area contributed by atoms with Crippen molar-refractivity contribution in [2.45, 2.75) is 25.6 Å². The molecule has 1 atom stereocenters. The molecule has 16 heavy (non-hydrogen) atoms. The third-order valence-corrected chi connectivity index (χ3v) is 3.56. The number of aryl methyl sites for hydroxylation is 1. The number of hydrogen-bond acceptors (Lipinski definition) is 3. The molecule has 86 valence electrons. The summed E-state index contributed by atoms with van der Waals surface area (Å²) in [6.07, 6.45) is 0. The number of hydrogen-bond donors (Lipinski definition) is 1. The van der Waals surface area contributed by atoms with Crippen molar-refractivity contribution >= 4 is 10.0 Å². The molecule has 0 aromatic heterocycles. The topological polar surface area (TPSA) is 70.0 Å². The Labute approximate surface area is 96.0 Å². The Bertz CT molecular complexity index is 503. The lowest BCUT2D eigenvalue weighted by atomic mass is 10.1. The molecule has 5 heteroatoms. The first-order chi connectivity index (χ1) is 7.44. The standard InChI is InChI=1S/C11H14N2O2S/c1-9-5-3-4-6-11(9)8-16(14,15)13-10(2)7-12/h3-6,10,13H,8H2,1-2H3. The van der Waals surface area contributed by atoms with Gasteiger partial charge >= 0.3 is 0 Å². The third-order valence-electron chi connectivity index (χ3n) is 2.16. The van der Waals surface area contributed by atoms with Crippen molar-refractivity contribution in [3.63, 3.8) is 0 Å². The average Bonchev–Trinajstić information content (AvgIpc) is 2.20. The second-order valence-corrected chi connectivity index (χ2v) is 5.41. The zero-order chi connectivity index (χ0) is 12.2. The van der Waals surface area contributed by atoms with Gasteiger partial charge < -0.3 is 0 Å². The monoisotopic (exact) mass is 238 g/mol. The summed E-state index contributed by atoms with van der Waals surface area (Å²) in [5, 5.41) is 8.54. The van der Waals surface area contributed by atoms with E-state index in [9.17, 15) is 8.42 Å². The first-order valence-electron chi connectivity index (χ1n) is 4.89. The van der Waals surface area contributed by atoms with Crippen LogP contribution in [0.25, 0.3) is 0 Å². The highest BCUT2D eigenvalue weighted by molar-refractivity contribution is 7.88. The summed E-state index contributed by atoms with van der Waals surface area (Å²) in [7, 11) is -3.44. The molecule has 0 heterocycles. The fourth-order valence-electron chi connectivity index (χ4n) is 1.31. The van der Waals surface area contributed by atoms with Gasteiger partial charge in [-0.2, -0.15) is 9.98 Å². The zero-order valence-electron chi connectivity index (χ0n) is 9.27. The van der Waals surface area contributed by atoms with Crippen LogP contribution in [0.2, 0.25) is 0 Å². The van der Waals surface area contributed by atoms with E-state index < -0.39 is 16.1 Å². The highest BCUT2D eigenvalue weighted by Gasteiger charge is 2.15. The van der Waals surface area contributed by atoms with Crippen LogP contribution in [-0.2, 0) is 15.8 Å². The van der Waals surface area contributed by atoms with Gasteiger partial charge in [-0.15, -0.1) is 0 Å². The number of nitriles is 1. The molecule has 1 unspecified atom stereocenters. The predicted octanol–water partition coefficient (Wildman–Crippen LogP) is 1.33. The van der Waals surface area contributed by atoms with Crippen LogP contribution in [0.1, 0.15) is 18.1 Å². The molecule has 0 saturated heterocycles. The highest BCUT2D eigenvalue weighted by Crippen LogP contribution is 2.10. The summed E-state index contributed by atoms with van der Waals surface area (Å²) in [6.45, 7) is 3.37. The van der Waals surface area contributed by atoms with Gasteiger partial charge in [0.25, 0.3) is 0 Å². The van der Waals surface area contributed by atoms with E-state index in [0.717, 1.165) is 11.1 Å². The molecule has 4 nitrogen and oxygen atoms in total. The van der Waals surface area contributed by atoms with E-state index in [2.05, 4.69) is 4.72 Å². The summed E-state index contributed by atoms with van der Waals surface area (Å²) in [5.74, 6) is -0.0916. The minimum absolute atomic E-state index is 0.0916. The maximum atomic E-state index is 11.7. The molecule has 1 N–H and O–H groups in total. The SMILES string of the molecule is Cc1ccccc1CS(=O)(=O)NC(C)C#N. The fraction of sp³-hybridized carbons (Fsp3) is 0.364. The van der Waals surface area contributed by atoms with Crippen molar-refractivity contribution in [2.24, 2.45) is 0 Å². The largest absolute Gasteiger partial charge is 0.216 e. The molecule has 0 saturated carbocycles. The van der Waals surface area contributed by atoms with Gasteiger partial charge in [0.15, 0.2) is 0 Å². The predicted molar refractivity (Wildman–Crippen MR) is 62.0 cm³/mol. The van der Waals surface area contributed by atoms with Crippen LogP contribution in [0.5, 0.6) is 0 Å². The van der Waals surface area contributed by atoms with Crippen molar-refractivity contribution in [3.05, 3.63) is 35.4 Å². The number of rotatable bonds is 4. The molecule has 1 rings (SSSR count). The smallest absolute Gasteiger partial charge is 0.212 e. The minimum Gasteiger partial charge on any atom is -0.212 e. The molecule has 1 aromatic rings. The van der Waals surface area contributed by atoms with Crippen molar-refractivity contribution in [1.82, 2.24) is 4.72 Å². The van der Waals surface area contributed by atoms with Crippen molar-refractivity contribution in [2.75, 3.05) is 0 Å². The number of benzene rings is 1. The van der Waals surface area contributed by atoms with E-state index in [0.29, 0.717) is 0 Å². The van der Waals surface area contributed by atoms with E-state index >= 15 is 0 Å². The molecule has 0 radical (unpaired) electrons. The van der Waals surface area contributed by atoms with E-state index in [1.165, 1.54) is 6.92 Å². The number of nitrogens with zero attached hydrogens (tertiary/aromatic N) is 1. The van der Waals surface area contributed by atoms with Crippen LogP contribution in [-0.4, -0.2) is 14.5 Å². The Balaban J connectivity index is 2.82. The van der Waals surface area contributed by atoms with Gasteiger partial charge in [0, 0.05) is 0 Å². The summed E-state index contributed by atoms with van der Waals surface area (Å²) >= 11 is 0. The lowest BCUT2D eigenvalue weighted by Crippen LogP contribution is -2.32. The van der Waals surface area contributed by atoms with Crippen molar-refractivity contribution in [3.8, 4) is 6.07 Å². The lowest BCUT2D eigenvalue weighted by Gasteiger charge is -2.09. The zero-order valence-corrected chi connectivity index (χ0v) is 10.1. The fourth-order valence-corrected chi connectivity index (χ4v) is 2.72. The lowest BCUT2D eigenvalue weighted by molar-refractivity contribution is 0.576. The Kier molecular flexibility index (Phi) is 4.05. The molecule has 0 amide bonds. The Morgan fingerprint density at radius 1 is 1.44 bits per heavy atom. The second kappa shape index (κ2) is 5.10. The first-order valence-corrected chi connectivity index (χ1v) is 6.54. The van der Waals surface area contributed by atoms with Crippen LogP contribution in [0.3, 0.4) is 0 Å². The molecular weight excluding hydrogens is 224 g/mol. The maximum absolute atomic E-state index is 11.7. The quantitative estimate of drug-likeness (QED) is 0.860. The molecule has 0 aliphatic heterocycles. The first kappa shape index (κ1) is 12.7. The summed E-state index contributed by atoms with van der Waals surface area (Å²) in [6, 6.07) is 8.42. The van der Waals surface area contributed by atoms with Crippen LogP contribution in [0, 0.1) is 18.3 Å². The van der Waals surface area contributed by atoms with Gasteiger partial charge in [-0.1, -0.05) is 24.3 Å². The van der Waals surface area contributed by atoms with Gasteiger partial charge in [-0.05, 0) is 25.0 Å². The van der Waals surface area contributed by atoms with Gasteiger partial charge in [0.1, 0.15) is 6.04 Å². The van der Waals surface area contributed by atoms with Gasteiger partial charge in [0.2, 0.25) is 10.0 Å². The van der Waals surface area contributed by atoms with E-state index in [1.807, 2.05) is 25.1 Å². The highest BCUT2D eigenvalue weighted by atomic mass is 32.2. The molecule has 0 spiro atoms. The second-order valence-electron chi connectivity index (χ2n) is 3.65. The Hall–Kier alpha value is -1.38. The normalized spacial score (nSPS) is 13.1. The molecule has 0 aliphatic rings. The number of nitrogens with one attached hydrogen (secondary N) is 1. The Morgan fingerprint density at radius 2 is 2.06 bits per heavy atom. The van der Waals surface area contributed by atoms with Crippen LogP contribution in [0.15, 0.2) is 24.3 Å². The molecule has 0 fully saturated rings. The van der Waals surface area contributed by atoms with Gasteiger partial charge in [-0.25, -0.2) is 8.42 Å². The van der Waals surface area contributed by atoms with Crippen LogP contribution >= 0.6 is 0 Å². The summed E-state index contributed by atoms with van der Waals surface area (Å²) < 4.78 is 25.6. The van der Waals surface area contributed by atoms with Gasteiger partial charge in [0.05, 0.1) is 11.8 Å². The average molecular weight is 238 g/mol. The summed E-state index contributed by atoms with van der Waals surface area (Å²) in [4.78, 5) is 0. The molecule has 1 aromatic carbocycles.